The summed E-state index contributed by atoms with van der Waals surface area (Å²) in [6, 6.07) is 19.1. The molecular weight excluding hydrogens is 502 g/mol. The summed E-state index contributed by atoms with van der Waals surface area (Å²) < 4.78 is 27.7. The molecule has 0 heterocycles. The summed E-state index contributed by atoms with van der Waals surface area (Å²) in [6.45, 7) is 2.58. The van der Waals surface area contributed by atoms with E-state index in [1.807, 2.05) is 37.3 Å². The summed E-state index contributed by atoms with van der Waals surface area (Å²) in [4.78, 5) is 28.3. The highest BCUT2D eigenvalue weighted by molar-refractivity contribution is 7.99. The number of benzene rings is 3. The monoisotopic (exact) mass is 530 g/mol. The van der Waals surface area contributed by atoms with Gasteiger partial charge in [-0.25, -0.2) is 8.78 Å². The maximum Gasteiger partial charge on any atom is 0.243 e. The van der Waals surface area contributed by atoms with Crippen LogP contribution in [0.5, 0.6) is 0 Å². The molecule has 3 aromatic carbocycles. The molecule has 36 heavy (non-hydrogen) atoms. The zero-order valence-corrected chi connectivity index (χ0v) is 21.6. The lowest BCUT2D eigenvalue weighted by Gasteiger charge is -2.31. The molecule has 0 aromatic heterocycles. The fourth-order valence-corrected chi connectivity index (χ4v) is 4.95. The summed E-state index contributed by atoms with van der Waals surface area (Å²) in [5.41, 5.74) is 1.95. The second kappa shape index (κ2) is 14.0. The molecule has 3 aromatic rings. The molecule has 0 spiro atoms. The maximum absolute atomic E-state index is 14.2. The Morgan fingerprint density at radius 2 is 1.69 bits per heavy atom. The summed E-state index contributed by atoms with van der Waals surface area (Å²) >= 11 is 7.36. The predicted molar refractivity (Wildman–Crippen MR) is 142 cm³/mol. The van der Waals surface area contributed by atoms with Gasteiger partial charge < -0.3 is 10.2 Å². The van der Waals surface area contributed by atoms with Crippen LogP contribution in [0.15, 0.2) is 72.8 Å². The number of halogens is 3. The van der Waals surface area contributed by atoms with Crippen LogP contribution in [0.4, 0.5) is 8.78 Å². The third kappa shape index (κ3) is 8.07. The van der Waals surface area contributed by atoms with Gasteiger partial charge in [0.05, 0.1) is 5.75 Å². The highest BCUT2D eigenvalue weighted by atomic mass is 35.5. The average molecular weight is 531 g/mol. The van der Waals surface area contributed by atoms with Crippen molar-refractivity contribution in [3.05, 3.63) is 106 Å². The number of carbonyl (C=O) groups excluding carboxylic acids is 2. The smallest absolute Gasteiger partial charge is 0.243 e. The van der Waals surface area contributed by atoms with Crippen molar-refractivity contribution in [2.75, 3.05) is 12.3 Å². The molecule has 0 unspecified atom stereocenters. The van der Waals surface area contributed by atoms with Crippen LogP contribution < -0.4 is 5.32 Å². The first kappa shape index (κ1) is 27.7. The number of hydrogen-bond donors (Lipinski definition) is 1. The zero-order chi connectivity index (χ0) is 25.9. The van der Waals surface area contributed by atoms with Crippen molar-refractivity contribution < 1.29 is 18.4 Å². The molecule has 0 aliphatic rings. The van der Waals surface area contributed by atoms with Gasteiger partial charge in [-0.2, -0.15) is 0 Å². The number of amides is 2. The van der Waals surface area contributed by atoms with Crippen molar-refractivity contribution >= 4 is 35.2 Å². The van der Waals surface area contributed by atoms with E-state index in [-0.39, 0.29) is 35.7 Å². The van der Waals surface area contributed by atoms with E-state index in [9.17, 15) is 18.4 Å². The molecule has 0 fully saturated rings. The molecule has 0 aliphatic heterocycles. The van der Waals surface area contributed by atoms with E-state index in [4.69, 9.17) is 11.6 Å². The van der Waals surface area contributed by atoms with E-state index >= 15 is 0 Å². The molecule has 0 aliphatic carbocycles. The van der Waals surface area contributed by atoms with Crippen LogP contribution in [0, 0.1) is 11.6 Å². The topological polar surface area (TPSA) is 49.4 Å². The first-order valence-corrected chi connectivity index (χ1v) is 13.3. The molecule has 1 N–H and O–H groups in total. The van der Waals surface area contributed by atoms with Gasteiger partial charge in [0.15, 0.2) is 0 Å². The fourth-order valence-electron chi connectivity index (χ4n) is 3.70. The van der Waals surface area contributed by atoms with Crippen LogP contribution in [0.1, 0.15) is 30.0 Å². The Morgan fingerprint density at radius 1 is 0.972 bits per heavy atom. The molecule has 3 rings (SSSR count). The van der Waals surface area contributed by atoms with Crippen molar-refractivity contribution in [1.82, 2.24) is 10.2 Å². The first-order valence-electron chi connectivity index (χ1n) is 11.7. The number of rotatable bonds is 12. The van der Waals surface area contributed by atoms with Crippen molar-refractivity contribution in [1.29, 1.82) is 0 Å². The minimum absolute atomic E-state index is 0.0260. The molecule has 0 bridgehead atoms. The van der Waals surface area contributed by atoms with Gasteiger partial charge in [-0.1, -0.05) is 67.1 Å². The van der Waals surface area contributed by atoms with Crippen LogP contribution in [0.25, 0.3) is 0 Å². The summed E-state index contributed by atoms with van der Waals surface area (Å²) in [5, 5.41) is 3.22. The van der Waals surface area contributed by atoms with Gasteiger partial charge in [0.2, 0.25) is 11.8 Å². The van der Waals surface area contributed by atoms with E-state index in [0.29, 0.717) is 29.1 Å². The Bertz CT molecular complexity index is 1130. The Hall–Kier alpha value is -2.90. The Labute approximate surface area is 220 Å². The minimum atomic E-state index is -0.769. The third-order valence-corrected chi connectivity index (χ3v) is 6.92. The van der Waals surface area contributed by atoms with Gasteiger partial charge in [0.25, 0.3) is 0 Å². The molecule has 4 nitrogen and oxygen atoms in total. The van der Waals surface area contributed by atoms with Crippen LogP contribution >= 0.6 is 23.4 Å². The van der Waals surface area contributed by atoms with Gasteiger partial charge >= 0.3 is 0 Å². The number of nitrogens with zero attached hydrogens (tertiary/aromatic N) is 1. The molecular formula is C28H29ClF2N2O2S. The van der Waals surface area contributed by atoms with Gasteiger partial charge in [-0.05, 0) is 41.8 Å². The highest BCUT2D eigenvalue weighted by Gasteiger charge is 2.30. The Morgan fingerprint density at radius 3 is 2.36 bits per heavy atom. The first-order chi connectivity index (χ1) is 17.4. The minimum Gasteiger partial charge on any atom is -0.354 e. The van der Waals surface area contributed by atoms with Crippen molar-refractivity contribution in [3.63, 3.8) is 0 Å². The van der Waals surface area contributed by atoms with Crippen LogP contribution in [0.3, 0.4) is 0 Å². The van der Waals surface area contributed by atoms with Gasteiger partial charge in [-0.15, -0.1) is 11.8 Å². The van der Waals surface area contributed by atoms with E-state index in [1.54, 1.807) is 18.2 Å². The lowest BCUT2D eigenvalue weighted by atomic mass is 10.0. The number of carbonyl (C=O) groups is 2. The second-order valence-electron chi connectivity index (χ2n) is 8.34. The standard InChI is InChI=1S/C28H29ClF2N2O2S/c1-2-15-32-28(35)26(16-20-7-4-3-5-8-20)33(17-21-11-13-22(30)14-12-21)27(34)19-36-18-23-24(29)9-6-10-25(23)31/h3-14,26H,2,15-19H2,1H3,(H,32,35)/t26-/m0/s1. The molecule has 0 radical (unpaired) electrons. The van der Waals surface area contributed by atoms with E-state index in [2.05, 4.69) is 5.32 Å². The van der Waals surface area contributed by atoms with E-state index in [1.165, 1.54) is 40.9 Å². The highest BCUT2D eigenvalue weighted by Crippen LogP contribution is 2.25. The second-order valence-corrected chi connectivity index (χ2v) is 9.73. The third-order valence-electron chi connectivity index (χ3n) is 5.62. The quantitative estimate of drug-likeness (QED) is 0.311. The maximum atomic E-state index is 14.2. The Balaban J connectivity index is 1.84. The van der Waals surface area contributed by atoms with E-state index in [0.717, 1.165) is 12.0 Å². The van der Waals surface area contributed by atoms with Crippen molar-refractivity contribution in [3.8, 4) is 0 Å². The molecule has 0 saturated carbocycles. The van der Waals surface area contributed by atoms with Crippen LogP contribution in [0.2, 0.25) is 5.02 Å². The molecule has 2 amide bonds. The van der Waals surface area contributed by atoms with E-state index < -0.39 is 11.9 Å². The summed E-state index contributed by atoms with van der Waals surface area (Å²) in [7, 11) is 0. The van der Waals surface area contributed by atoms with Crippen LogP contribution in [-0.4, -0.2) is 35.1 Å². The van der Waals surface area contributed by atoms with Gasteiger partial charge in [0.1, 0.15) is 17.7 Å². The zero-order valence-electron chi connectivity index (χ0n) is 20.1. The predicted octanol–water partition coefficient (Wildman–Crippen LogP) is 6.02. The van der Waals surface area contributed by atoms with Gasteiger partial charge in [0, 0.05) is 35.8 Å². The lowest BCUT2D eigenvalue weighted by molar-refractivity contribution is -0.139. The number of nitrogens with one attached hydrogen (secondary N) is 1. The molecule has 190 valence electrons. The molecule has 1 atom stereocenters. The summed E-state index contributed by atoms with van der Waals surface area (Å²) in [6.07, 6.45) is 1.09. The average Bonchev–Trinajstić information content (AvgIpc) is 2.88. The largest absolute Gasteiger partial charge is 0.354 e. The van der Waals surface area contributed by atoms with Crippen LogP contribution in [-0.2, 0) is 28.3 Å². The fraction of sp³-hybridized carbons (Fsp3) is 0.286. The molecule has 0 saturated heterocycles. The number of thioether (sulfide) groups is 1. The van der Waals surface area contributed by atoms with Gasteiger partial charge in [-0.3, -0.25) is 9.59 Å². The van der Waals surface area contributed by atoms with Crippen molar-refractivity contribution in [2.24, 2.45) is 0 Å². The Kier molecular flexibility index (Phi) is 10.8. The SMILES string of the molecule is CCCNC(=O)[C@H](Cc1ccccc1)N(Cc1ccc(F)cc1)C(=O)CSCc1c(F)cccc1Cl. The van der Waals surface area contributed by atoms with Crippen molar-refractivity contribution in [2.45, 2.75) is 38.1 Å². The lowest BCUT2D eigenvalue weighted by Crippen LogP contribution is -2.51. The molecule has 8 heteroatoms. The normalized spacial score (nSPS) is 11.7. The summed E-state index contributed by atoms with van der Waals surface area (Å²) in [5.74, 6) is -1.09. The number of hydrogen-bond acceptors (Lipinski definition) is 3.